The summed E-state index contributed by atoms with van der Waals surface area (Å²) in [5.74, 6) is -16.9. The Labute approximate surface area is 534 Å². The van der Waals surface area contributed by atoms with Crippen molar-refractivity contribution in [2.24, 2.45) is 0 Å². The van der Waals surface area contributed by atoms with Crippen molar-refractivity contribution >= 4 is 47.8 Å². The highest BCUT2D eigenvalue weighted by Gasteiger charge is 2.63. The molecule has 0 amide bonds. The van der Waals surface area contributed by atoms with Gasteiger partial charge in [0.25, 0.3) is 0 Å². The van der Waals surface area contributed by atoms with Gasteiger partial charge in [-0.05, 0) is 0 Å². The van der Waals surface area contributed by atoms with Crippen LogP contribution in [0.25, 0.3) is 0 Å². The molecule has 0 saturated carbocycles. The maximum Gasteiger partial charge on any atom is 0.335 e. The standard InChI is InChI=1S/C48H66O49/c49-1-2(50)25(33(66)67)91-42(11(1)59)85-19-4(52)13(61)44(93-27(19)35(70)71)87-21-6(54)15(63)46(95-29(21)37(74)75)89-23-8(56)17(65)48(97-31(23)39(78)79)90-24-9(57)16(64)47(96-32(24)40(80)81)88-22-7(55)14(62)45(94-30(22)38(76)77)86-20-5(53)12(60)43(92-28(20)36(72)73)84-18-3(51)10(58)41(82)83-26(18)34(68)69/h1-32,41-65,82H,(H,66,67)(H,68,69)(H,70,71)(H,72,73)(H,74,75)(H,76,77)(H,78,79)(H,80,81)/t1-,2-,3+,4+,5+,6+,7+,8+,9+,10-,11-,12-,13-,14-,15-,16-,17-,18-,19-,20-,21-,22-,23-,24-,25+,26+,27+,28+,29+,30+,31+,32+,41+,42+,43+,44+,45+,46+,47+,48+/m0/s1. The second-order valence-electron chi connectivity index (χ2n) is 22.7. The van der Waals surface area contributed by atoms with E-state index < -0.39 is 293 Å². The fourth-order valence-corrected chi connectivity index (χ4v) is 11.2. The van der Waals surface area contributed by atoms with E-state index in [-0.39, 0.29) is 0 Å². The molecule has 0 unspecified atom stereocenters. The highest BCUT2D eigenvalue weighted by molar-refractivity contribution is 5.77. The van der Waals surface area contributed by atoms with Gasteiger partial charge in [0, 0.05) is 0 Å². The van der Waals surface area contributed by atoms with E-state index in [9.17, 15) is 171 Å². The van der Waals surface area contributed by atoms with Crippen molar-refractivity contribution in [3.63, 3.8) is 0 Å². The molecule has 97 heavy (non-hydrogen) atoms. The lowest BCUT2D eigenvalue weighted by Gasteiger charge is -2.49. The lowest BCUT2D eigenvalue weighted by Crippen LogP contribution is -2.69. The molecule has 0 aromatic carbocycles. The van der Waals surface area contributed by atoms with E-state index in [1.165, 1.54) is 0 Å². The third kappa shape index (κ3) is 15.4. The van der Waals surface area contributed by atoms with Gasteiger partial charge in [-0.15, -0.1) is 0 Å². The fraction of sp³-hybridized carbons (Fsp3) is 0.833. The first kappa shape index (κ1) is 77.2. The molecule has 49 heteroatoms. The number of hydrogen-bond donors (Lipinski definition) is 26. The van der Waals surface area contributed by atoms with Crippen LogP contribution in [-0.2, 0) is 109 Å². The monoisotopic (exact) mass is 1430 g/mol. The third-order valence-corrected chi connectivity index (χ3v) is 16.4. The maximum absolute atomic E-state index is 12.7. The number of carbonyl (C=O) groups is 8. The molecule has 0 bridgehead atoms. The van der Waals surface area contributed by atoms with Gasteiger partial charge in [0.05, 0.1) is 0 Å². The summed E-state index contributed by atoms with van der Waals surface area (Å²) in [6, 6.07) is 0. The molecule has 8 heterocycles. The molecule has 552 valence electrons. The number of carboxylic acid groups (broad SMARTS) is 8. The zero-order valence-corrected chi connectivity index (χ0v) is 48.1. The van der Waals surface area contributed by atoms with Crippen molar-refractivity contribution in [1.82, 2.24) is 0 Å². The number of aliphatic hydroxyl groups is 18. The summed E-state index contributed by atoms with van der Waals surface area (Å²) in [5.41, 5.74) is 0. The fourth-order valence-electron chi connectivity index (χ4n) is 11.2. The lowest BCUT2D eigenvalue weighted by molar-refractivity contribution is -0.389. The molecule has 0 radical (unpaired) electrons. The highest BCUT2D eigenvalue weighted by atomic mass is 16.8. The Kier molecular flexibility index (Phi) is 24.5. The number of carboxylic acids is 8. The number of aliphatic hydroxyl groups excluding tert-OH is 18. The Balaban J connectivity index is 0.905. The lowest BCUT2D eigenvalue weighted by atomic mass is 9.94. The smallest absolute Gasteiger partial charge is 0.335 e. The van der Waals surface area contributed by atoms with Gasteiger partial charge in [0.15, 0.2) is 99.2 Å². The van der Waals surface area contributed by atoms with Crippen LogP contribution >= 0.6 is 0 Å². The van der Waals surface area contributed by atoms with Crippen molar-refractivity contribution < 1.29 is 242 Å². The summed E-state index contributed by atoms with van der Waals surface area (Å²) in [7, 11) is 0. The molecule has 8 rings (SSSR count). The largest absolute Gasteiger partial charge is 0.479 e. The van der Waals surface area contributed by atoms with Crippen LogP contribution in [-0.4, -0.2) is 426 Å². The van der Waals surface area contributed by atoms with E-state index in [0.717, 1.165) is 0 Å². The van der Waals surface area contributed by atoms with E-state index in [1.807, 2.05) is 0 Å². The minimum absolute atomic E-state index is 1.93. The van der Waals surface area contributed by atoms with Crippen LogP contribution in [0.1, 0.15) is 0 Å². The quantitative estimate of drug-likeness (QED) is 0.0479. The van der Waals surface area contributed by atoms with Crippen LogP contribution < -0.4 is 0 Å². The highest BCUT2D eigenvalue weighted by Crippen LogP contribution is 2.39. The predicted octanol–water partition coefficient (Wildman–Crippen LogP) is -17.7. The summed E-state index contributed by atoms with van der Waals surface area (Å²) in [6.45, 7) is 0. The minimum atomic E-state index is -2.76. The van der Waals surface area contributed by atoms with Gasteiger partial charge in [-0.25, -0.2) is 38.4 Å². The molecule has 8 saturated heterocycles. The first-order chi connectivity index (χ1) is 45.2. The molecule has 49 nitrogen and oxygen atoms in total. The average Bonchev–Trinajstić information content (AvgIpc) is 0.775. The number of hydrogen-bond acceptors (Lipinski definition) is 41. The van der Waals surface area contributed by atoms with Gasteiger partial charge in [-0.3, -0.25) is 0 Å². The Morgan fingerprint density at radius 2 is 0.320 bits per heavy atom. The Hall–Kier alpha value is -5.56. The van der Waals surface area contributed by atoms with E-state index in [2.05, 4.69) is 4.74 Å². The average molecular weight is 1430 g/mol. The van der Waals surface area contributed by atoms with Crippen LogP contribution in [0.3, 0.4) is 0 Å². The molecule has 0 aromatic heterocycles. The van der Waals surface area contributed by atoms with Crippen molar-refractivity contribution in [1.29, 1.82) is 0 Å². The molecule has 0 aromatic rings. The zero-order valence-electron chi connectivity index (χ0n) is 48.1. The number of aliphatic carboxylic acids is 8. The minimum Gasteiger partial charge on any atom is -0.479 e. The number of rotatable bonds is 22. The molecular weight excluding hydrogens is 1360 g/mol. The normalized spacial score (nSPS) is 49.8. The molecule has 8 aliphatic heterocycles. The molecule has 26 N–H and O–H groups in total. The molecule has 40 atom stereocenters. The summed E-state index contributed by atoms with van der Waals surface area (Å²) in [6.07, 6.45) is -103. The van der Waals surface area contributed by atoms with Gasteiger partial charge in [0.2, 0.25) is 0 Å². The Bertz CT molecular complexity index is 2820. The zero-order chi connectivity index (χ0) is 72.3. The SMILES string of the molecule is O=C(O)[C@@H]1O[C@@H](O[C@H]2[C@H](O)[C@H](O)[C@H](O[C@H]3[C@H](O)[C@H](O)[C@H](O[C@H]4[C@H](O)[C@H](O)[C@H](O[C@H]5[C@H](O)[C@H](O)[C@H](O[C@H]6[C@H](O)[C@H](O)[C@H](O[C@H]7[C@H](O)[C@H](O)[C@H](O[C@H]8[C@H](O)[C@H](O)[C@H](O)O[C@H]8C(=O)O)O[C@H]7C(=O)O)O[C@H]6C(=O)O)O[C@H]5C(=O)O)O[C@H]4C(=O)O)O[C@H]3C(=O)O)O[C@H]2C(=O)O)[C@@H](O)[C@@H](O)[C@@H]1O. The van der Waals surface area contributed by atoms with Crippen molar-refractivity contribution in [3.8, 4) is 0 Å². The van der Waals surface area contributed by atoms with Crippen LogP contribution in [0.15, 0.2) is 0 Å². The van der Waals surface area contributed by atoms with Gasteiger partial charge in [-0.2, -0.15) is 0 Å². The molecule has 8 fully saturated rings. The third-order valence-electron chi connectivity index (χ3n) is 16.4. The van der Waals surface area contributed by atoms with E-state index >= 15 is 0 Å². The van der Waals surface area contributed by atoms with Gasteiger partial charge in [-0.1, -0.05) is 0 Å². The van der Waals surface area contributed by atoms with Crippen LogP contribution in [0, 0.1) is 0 Å². The van der Waals surface area contributed by atoms with Crippen molar-refractivity contribution in [2.75, 3.05) is 0 Å². The molecule has 8 aliphatic rings. The van der Waals surface area contributed by atoms with E-state index in [0.29, 0.717) is 0 Å². The van der Waals surface area contributed by atoms with Gasteiger partial charge >= 0.3 is 47.8 Å². The van der Waals surface area contributed by atoms with Crippen molar-refractivity contribution in [2.45, 2.75) is 246 Å². The molecular formula is C48H66O49. The Morgan fingerprint density at radius 1 is 0.175 bits per heavy atom. The maximum atomic E-state index is 12.7. The first-order valence-corrected chi connectivity index (χ1v) is 28.1. The second kappa shape index (κ2) is 30.7. The van der Waals surface area contributed by atoms with Gasteiger partial charge < -0.3 is 204 Å². The van der Waals surface area contributed by atoms with Crippen LogP contribution in [0.4, 0.5) is 0 Å². The summed E-state index contributed by atoms with van der Waals surface area (Å²) in [4.78, 5) is 98.8. The molecule has 0 spiro atoms. The summed E-state index contributed by atoms with van der Waals surface area (Å²) >= 11 is 0. The van der Waals surface area contributed by atoms with E-state index in [1.54, 1.807) is 0 Å². The Morgan fingerprint density at radius 3 is 0.495 bits per heavy atom. The second-order valence-corrected chi connectivity index (χ2v) is 22.7. The van der Waals surface area contributed by atoms with E-state index in [4.69, 9.17) is 66.3 Å². The van der Waals surface area contributed by atoms with Crippen molar-refractivity contribution in [3.05, 3.63) is 0 Å². The van der Waals surface area contributed by atoms with Crippen LogP contribution in [0.5, 0.6) is 0 Å². The molecule has 0 aliphatic carbocycles. The van der Waals surface area contributed by atoms with Gasteiger partial charge in [0.1, 0.15) is 146 Å². The number of ether oxygens (including phenoxy) is 15. The topological polar surface area (TPSA) is 801 Å². The predicted molar refractivity (Wildman–Crippen MR) is 269 cm³/mol. The first-order valence-electron chi connectivity index (χ1n) is 28.1. The summed E-state index contributed by atoms with van der Waals surface area (Å²) < 4.78 is 77.7. The van der Waals surface area contributed by atoms with Crippen LogP contribution in [0.2, 0.25) is 0 Å². The summed E-state index contributed by atoms with van der Waals surface area (Å²) in [5, 5.41) is 274.